The predicted molar refractivity (Wildman–Crippen MR) is 125 cm³/mol. The summed E-state index contributed by atoms with van der Waals surface area (Å²) in [5, 5.41) is 11.8. The number of likely N-dealkylation sites (tertiary alicyclic amines) is 1. The van der Waals surface area contributed by atoms with Crippen LogP contribution in [0.2, 0.25) is 0 Å². The first-order chi connectivity index (χ1) is 15.1. The number of hydrogen-bond acceptors (Lipinski definition) is 4. The van der Waals surface area contributed by atoms with Gasteiger partial charge in [0.25, 0.3) is 0 Å². The third-order valence-electron chi connectivity index (χ3n) is 5.93. The van der Waals surface area contributed by atoms with E-state index in [4.69, 9.17) is 4.74 Å². The van der Waals surface area contributed by atoms with Crippen molar-refractivity contribution < 1.29 is 14.6 Å². The average Bonchev–Trinajstić information content (AvgIpc) is 3.15. The van der Waals surface area contributed by atoms with Crippen molar-refractivity contribution in [2.45, 2.75) is 31.9 Å². The van der Waals surface area contributed by atoms with Crippen molar-refractivity contribution in [3.63, 3.8) is 0 Å². The van der Waals surface area contributed by atoms with Gasteiger partial charge in [0, 0.05) is 41.3 Å². The van der Waals surface area contributed by atoms with Crippen LogP contribution in [0.25, 0.3) is 17.0 Å². The standard InChI is InChI=1S/C26H30N2O3/c1-31-23-12-9-20(10-13-23)26(30)14-11-21-17-28(25-8-4-3-7-24(21)25)19-22(29)18-27-15-5-2-6-16-27/h3-4,7-14,17,22,29H,2,5-6,15-16,18-19H2,1H3/b14-11+/t22-/m0/s1. The molecule has 4 rings (SSSR count). The molecule has 5 nitrogen and oxygen atoms in total. The number of fused-ring (bicyclic) bond motifs is 1. The van der Waals surface area contributed by atoms with Crippen LogP contribution in [0.1, 0.15) is 35.2 Å². The van der Waals surface area contributed by atoms with Crippen molar-refractivity contribution in [3.05, 3.63) is 71.9 Å². The van der Waals surface area contributed by atoms with Gasteiger partial charge in [-0.25, -0.2) is 0 Å². The van der Waals surface area contributed by atoms with Gasteiger partial charge in [-0.05, 0) is 68.4 Å². The van der Waals surface area contributed by atoms with E-state index in [0.717, 1.165) is 35.3 Å². The molecule has 2 aromatic carbocycles. The molecule has 1 fully saturated rings. The number of carbonyl (C=O) groups is 1. The minimum atomic E-state index is -0.424. The Morgan fingerprint density at radius 1 is 1.06 bits per heavy atom. The number of methoxy groups -OCH3 is 1. The van der Waals surface area contributed by atoms with E-state index in [1.807, 2.05) is 24.4 Å². The Morgan fingerprint density at radius 3 is 2.55 bits per heavy atom. The number of rotatable bonds is 8. The van der Waals surface area contributed by atoms with Crippen molar-refractivity contribution >= 4 is 22.8 Å². The van der Waals surface area contributed by atoms with Crippen molar-refractivity contribution in [3.8, 4) is 5.75 Å². The fraction of sp³-hybridized carbons (Fsp3) is 0.346. The zero-order chi connectivity index (χ0) is 21.6. The number of hydrogen-bond donors (Lipinski definition) is 1. The highest BCUT2D eigenvalue weighted by Gasteiger charge is 2.16. The highest BCUT2D eigenvalue weighted by Crippen LogP contribution is 2.23. The Morgan fingerprint density at radius 2 is 1.81 bits per heavy atom. The van der Waals surface area contributed by atoms with Gasteiger partial charge in [0.05, 0.1) is 13.2 Å². The minimum absolute atomic E-state index is 0.0513. The monoisotopic (exact) mass is 418 g/mol. The maximum atomic E-state index is 12.6. The number of aromatic nitrogens is 1. The van der Waals surface area contributed by atoms with Crippen molar-refractivity contribution in [1.29, 1.82) is 0 Å². The van der Waals surface area contributed by atoms with Crippen LogP contribution in [0, 0.1) is 0 Å². The summed E-state index contributed by atoms with van der Waals surface area (Å²) in [6.45, 7) is 3.39. The molecule has 3 aromatic rings. The number of β-amino-alcohol motifs (C(OH)–C–C–N with tert-alkyl or cyclic N) is 1. The number of para-hydroxylation sites is 1. The first-order valence-electron chi connectivity index (χ1n) is 11.0. The third kappa shape index (κ3) is 5.24. The lowest BCUT2D eigenvalue weighted by atomic mass is 10.1. The molecule has 31 heavy (non-hydrogen) atoms. The summed E-state index contributed by atoms with van der Waals surface area (Å²) in [6, 6.07) is 15.2. The topological polar surface area (TPSA) is 54.7 Å². The number of benzene rings is 2. The Labute approximate surface area is 183 Å². The van der Waals surface area contributed by atoms with Crippen LogP contribution in [0.5, 0.6) is 5.75 Å². The van der Waals surface area contributed by atoms with Gasteiger partial charge >= 0.3 is 0 Å². The molecule has 0 amide bonds. The molecule has 5 heteroatoms. The zero-order valence-corrected chi connectivity index (χ0v) is 18.0. The largest absolute Gasteiger partial charge is 0.497 e. The van der Waals surface area contributed by atoms with E-state index >= 15 is 0 Å². The summed E-state index contributed by atoms with van der Waals surface area (Å²) in [4.78, 5) is 14.9. The number of allylic oxidation sites excluding steroid dienone is 1. The summed E-state index contributed by atoms with van der Waals surface area (Å²) in [5.74, 6) is 0.677. The van der Waals surface area contributed by atoms with Gasteiger partial charge in [-0.1, -0.05) is 24.6 Å². The van der Waals surface area contributed by atoms with Crippen LogP contribution < -0.4 is 4.74 Å². The summed E-state index contributed by atoms with van der Waals surface area (Å²) >= 11 is 0. The molecule has 1 aliphatic rings. The van der Waals surface area contributed by atoms with E-state index in [1.165, 1.54) is 19.3 Å². The van der Waals surface area contributed by atoms with E-state index in [-0.39, 0.29) is 5.78 Å². The Bertz CT molecular complexity index is 1050. The van der Waals surface area contributed by atoms with Crippen LogP contribution in [0.3, 0.4) is 0 Å². The number of piperidine rings is 1. The van der Waals surface area contributed by atoms with Crippen LogP contribution in [0.15, 0.2) is 60.8 Å². The fourth-order valence-corrected chi connectivity index (χ4v) is 4.30. The lowest BCUT2D eigenvalue weighted by molar-refractivity contribution is 0.0892. The van der Waals surface area contributed by atoms with Crippen LogP contribution >= 0.6 is 0 Å². The summed E-state index contributed by atoms with van der Waals surface area (Å²) in [7, 11) is 1.61. The molecule has 0 bridgehead atoms. The van der Waals surface area contributed by atoms with Crippen LogP contribution in [0.4, 0.5) is 0 Å². The summed E-state index contributed by atoms with van der Waals surface area (Å²) < 4.78 is 7.25. The fourth-order valence-electron chi connectivity index (χ4n) is 4.30. The van der Waals surface area contributed by atoms with E-state index in [1.54, 1.807) is 37.5 Å². The number of ether oxygens (including phenoxy) is 1. The molecule has 1 N–H and O–H groups in total. The Kier molecular flexibility index (Phi) is 6.85. The van der Waals surface area contributed by atoms with Crippen LogP contribution in [-0.4, -0.2) is 53.2 Å². The number of aliphatic hydroxyl groups excluding tert-OH is 1. The predicted octanol–water partition coefficient (Wildman–Crippen LogP) is 4.39. The quantitative estimate of drug-likeness (QED) is 0.435. The zero-order valence-electron chi connectivity index (χ0n) is 18.0. The van der Waals surface area contributed by atoms with Gasteiger partial charge in [-0.15, -0.1) is 0 Å². The maximum absolute atomic E-state index is 12.6. The van der Waals surface area contributed by atoms with Gasteiger partial charge in [-0.3, -0.25) is 4.79 Å². The van der Waals surface area contributed by atoms with E-state index in [2.05, 4.69) is 21.6 Å². The number of nitrogens with zero attached hydrogens (tertiary/aromatic N) is 2. The second-order valence-corrected chi connectivity index (χ2v) is 8.20. The minimum Gasteiger partial charge on any atom is -0.497 e. The molecule has 1 aromatic heterocycles. The second-order valence-electron chi connectivity index (χ2n) is 8.20. The van der Waals surface area contributed by atoms with Gasteiger partial charge in [0.1, 0.15) is 5.75 Å². The van der Waals surface area contributed by atoms with Gasteiger partial charge in [0.2, 0.25) is 0 Å². The molecule has 1 atom stereocenters. The molecule has 1 saturated heterocycles. The normalized spacial score (nSPS) is 16.1. The third-order valence-corrected chi connectivity index (χ3v) is 5.93. The SMILES string of the molecule is COc1ccc(C(=O)/C=C/c2cn(C[C@@H](O)CN3CCCCC3)c3ccccc23)cc1. The lowest BCUT2D eigenvalue weighted by Gasteiger charge is -2.28. The first kappa shape index (κ1) is 21.3. The average molecular weight is 419 g/mol. The van der Waals surface area contributed by atoms with Crippen molar-refractivity contribution in [1.82, 2.24) is 9.47 Å². The van der Waals surface area contributed by atoms with Crippen LogP contribution in [-0.2, 0) is 6.54 Å². The molecule has 0 unspecified atom stereocenters. The van der Waals surface area contributed by atoms with Crippen molar-refractivity contribution in [2.24, 2.45) is 0 Å². The molecule has 2 heterocycles. The number of ketones is 1. The summed E-state index contributed by atoms with van der Waals surface area (Å²) in [6.07, 6.45) is 8.81. The Hall–Kier alpha value is -2.89. The molecular formula is C26H30N2O3. The molecule has 162 valence electrons. The lowest BCUT2D eigenvalue weighted by Crippen LogP contribution is -2.37. The Balaban J connectivity index is 1.50. The number of aliphatic hydroxyl groups is 1. The molecule has 0 radical (unpaired) electrons. The van der Waals surface area contributed by atoms with Gasteiger partial charge < -0.3 is 19.3 Å². The molecule has 0 saturated carbocycles. The molecule has 1 aliphatic heterocycles. The van der Waals surface area contributed by atoms with Gasteiger partial charge in [0.15, 0.2) is 5.78 Å². The highest BCUT2D eigenvalue weighted by atomic mass is 16.5. The second kappa shape index (κ2) is 9.94. The van der Waals surface area contributed by atoms with E-state index in [9.17, 15) is 9.90 Å². The van der Waals surface area contributed by atoms with E-state index in [0.29, 0.717) is 18.7 Å². The van der Waals surface area contributed by atoms with Gasteiger partial charge in [-0.2, -0.15) is 0 Å². The van der Waals surface area contributed by atoms with E-state index < -0.39 is 6.10 Å². The smallest absolute Gasteiger partial charge is 0.185 e. The molecular weight excluding hydrogens is 388 g/mol. The molecule has 0 aliphatic carbocycles. The highest BCUT2D eigenvalue weighted by molar-refractivity contribution is 6.07. The number of carbonyl (C=O) groups excluding carboxylic acids is 1. The van der Waals surface area contributed by atoms with Crippen molar-refractivity contribution in [2.75, 3.05) is 26.7 Å². The summed E-state index contributed by atoms with van der Waals surface area (Å²) in [5.41, 5.74) is 2.66. The first-order valence-corrected chi connectivity index (χ1v) is 11.0. The maximum Gasteiger partial charge on any atom is 0.185 e. The molecule has 0 spiro atoms.